The number of rotatable bonds is 11. The molecule has 1 atom stereocenters. The van der Waals surface area contributed by atoms with Crippen molar-refractivity contribution in [3.63, 3.8) is 0 Å². The highest BCUT2D eigenvalue weighted by Gasteiger charge is 2.07. The zero-order chi connectivity index (χ0) is 20.1. The van der Waals surface area contributed by atoms with Crippen LogP contribution < -0.4 is 15.4 Å². The smallest absolute Gasteiger partial charge is 0.259 e. The highest BCUT2D eigenvalue weighted by Crippen LogP contribution is 2.13. The number of carbonyl (C=O) groups excluding carboxylic acids is 1. The Morgan fingerprint density at radius 2 is 2.04 bits per heavy atom. The van der Waals surface area contributed by atoms with E-state index in [1.807, 2.05) is 24.3 Å². The van der Waals surface area contributed by atoms with Crippen LogP contribution in [0.2, 0.25) is 0 Å². The van der Waals surface area contributed by atoms with E-state index in [0.717, 1.165) is 17.9 Å². The number of guanidine groups is 1. The number of carbonyl (C=O) groups is 1. The van der Waals surface area contributed by atoms with Gasteiger partial charge >= 0.3 is 0 Å². The first kappa shape index (κ1) is 22.8. The molecule has 0 aliphatic heterocycles. The molecular formula is C21H36N4O2. The molecule has 1 aromatic rings. The third-order valence-corrected chi connectivity index (χ3v) is 4.32. The first-order valence-electron chi connectivity index (χ1n) is 9.85. The third kappa shape index (κ3) is 9.87. The fourth-order valence-electron chi connectivity index (χ4n) is 2.58. The molecule has 0 bridgehead atoms. The van der Waals surface area contributed by atoms with Gasteiger partial charge in [0.2, 0.25) is 0 Å². The molecule has 1 aromatic carbocycles. The third-order valence-electron chi connectivity index (χ3n) is 4.32. The Hall–Kier alpha value is -2.24. The van der Waals surface area contributed by atoms with Crippen molar-refractivity contribution in [2.75, 3.05) is 27.7 Å². The van der Waals surface area contributed by atoms with Crippen LogP contribution in [0.1, 0.15) is 51.5 Å². The number of aliphatic imine (C=N–C) groups is 1. The van der Waals surface area contributed by atoms with Gasteiger partial charge in [0.15, 0.2) is 12.6 Å². The molecule has 1 rings (SSSR count). The van der Waals surface area contributed by atoms with Crippen LogP contribution in [0.15, 0.2) is 29.3 Å². The highest BCUT2D eigenvalue weighted by molar-refractivity contribution is 5.80. The van der Waals surface area contributed by atoms with Crippen LogP contribution in [0.4, 0.5) is 0 Å². The first-order chi connectivity index (χ1) is 13.0. The van der Waals surface area contributed by atoms with E-state index in [1.54, 1.807) is 21.1 Å². The Balaban J connectivity index is 2.44. The lowest BCUT2D eigenvalue weighted by Crippen LogP contribution is -2.41. The monoisotopic (exact) mass is 376 g/mol. The maximum atomic E-state index is 11.6. The molecule has 0 radical (unpaired) electrons. The molecule has 152 valence electrons. The predicted octanol–water partition coefficient (Wildman–Crippen LogP) is 3.18. The SMILES string of the molecule is CCCCCCC(C)NC(=NC)NCc1cccc(OCC(=O)N(C)C)c1. The number of nitrogens with zero attached hydrogens (tertiary/aromatic N) is 2. The molecule has 0 aliphatic rings. The van der Waals surface area contributed by atoms with Crippen molar-refractivity contribution in [2.24, 2.45) is 4.99 Å². The van der Waals surface area contributed by atoms with Crippen LogP contribution in [-0.2, 0) is 11.3 Å². The van der Waals surface area contributed by atoms with E-state index in [4.69, 9.17) is 4.74 Å². The van der Waals surface area contributed by atoms with E-state index in [2.05, 4.69) is 29.5 Å². The quantitative estimate of drug-likeness (QED) is 0.354. The minimum atomic E-state index is -0.0592. The van der Waals surface area contributed by atoms with Crippen molar-refractivity contribution in [1.82, 2.24) is 15.5 Å². The van der Waals surface area contributed by atoms with Gasteiger partial charge in [0.25, 0.3) is 5.91 Å². The summed E-state index contributed by atoms with van der Waals surface area (Å²) in [5.41, 5.74) is 1.07. The van der Waals surface area contributed by atoms with Gasteiger partial charge in [0, 0.05) is 33.7 Å². The summed E-state index contributed by atoms with van der Waals surface area (Å²) in [6.45, 7) is 5.10. The summed E-state index contributed by atoms with van der Waals surface area (Å²) in [6.07, 6.45) is 6.24. The van der Waals surface area contributed by atoms with Crippen molar-refractivity contribution < 1.29 is 9.53 Å². The molecule has 0 saturated heterocycles. The number of nitrogens with one attached hydrogen (secondary N) is 2. The van der Waals surface area contributed by atoms with Crippen LogP contribution in [0.25, 0.3) is 0 Å². The van der Waals surface area contributed by atoms with E-state index in [-0.39, 0.29) is 12.5 Å². The van der Waals surface area contributed by atoms with Gasteiger partial charge in [-0.3, -0.25) is 9.79 Å². The molecule has 1 amide bonds. The highest BCUT2D eigenvalue weighted by atomic mass is 16.5. The second kappa shape index (κ2) is 13.0. The summed E-state index contributed by atoms with van der Waals surface area (Å²) in [5, 5.41) is 6.78. The van der Waals surface area contributed by atoms with Crippen molar-refractivity contribution in [3.05, 3.63) is 29.8 Å². The molecule has 2 N–H and O–H groups in total. The zero-order valence-corrected chi connectivity index (χ0v) is 17.5. The van der Waals surface area contributed by atoms with Crippen molar-refractivity contribution in [2.45, 2.75) is 58.5 Å². The van der Waals surface area contributed by atoms with E-state index in [0.29, 0.717) is 18.3 Å². The maximum absolute atomic E-state index is 11.6. The first-order valence-corrected chi connectivity index (χ1v) is 9.85. The second-order valence-corrected chi connectivity index (χ2v) is 7.04. The Labute approximate surface area is 164 Å². The average molecular weight is 377 g/mol. The molecular weight excluding hydrogens is 340 g/mol. The molecule has 0 saturated carbocycles. The Bertz CT molecular complexity index is 587. The average Bonchev–Trinajstić information content (AvgIpc) is 2.66. The van der Waals surface area contributed by atoms with Gasteiger partial charge in [0.1, 0.15) is 5.75 Å². The summed E-state index contributed by atoms with van der Waals surface area (Å²) in [6, 6.07) is 8.14. The molecule has 0 aromatic heterocycles. The van der Waals surface area contributed by atoms with Crippen LogP contribution in [-0.4, -0.2) is 50.6 Å². The number of unbranched alkanes of at least 4 members (excludes halogenated alkanes) is 3. The molecule has 0 fully saturated rings. The predicted molar refractivity (Wildman–Crippen MR) is 112 cm³/mol. The van der Waals surface area contributed by atoms with Gasteiger partial charge in [-0.1, -0.05) is 44.7 Å². The minimum Gasteiger partial charge on any atom is -0.484 e. The van der Waals surface area contributed by atoms with Crippen molar-refractivity contribution in [3.8, 4) is 5.75 Å². The molecule has 1 unspecified atom stereocenters. The molecule has 6 heteroatoms. The van der Waals surface area contributed by atoms with Crippen LogP contribution in [0.5, 0.6) is 5.75 Å². The summed E-state index contributed by atoms with van der Waals surface area (Å²) in [5.74, 6) is 1.43. The zero-order valence-electron chi connectivity index (χ0n) is 17.5. The van der Waals surface area contributed by atoms with E-state index in [1.165, 1.54) is 30.6 Å². The molecule has 27 heavy (non-hydrogen) atoms. The van der Waals surface area contributed by atoms with Crippen LogP contribution >= 0.6 is 0 Å². The molecule has 0 heterocycles. The molecule has 0 aliphatic carbocycles. The summed E-state index contributed by atoms with van der Waals surface area (Å²) in [4.78, 5) is 17.5. The van der Waals surface area contributed by atoms with E-state index in [9.17, 15) is 4.79 Å². The number of hydrogen-bond acceptors (Lipinski definition) is 3. The summed E-state index contributed by atoms with van der Waals surface area (Å²) in [7, 11) is 5.22. The Kier molecular flexibility index (Phi) is 11.0. The lowest BCUT2D eigenvalue weighted by atomic mass is 10.1. The summed E-state index contributed by atoms with van der Waals surface area (Å²) >= 11 is 0. The number of amides is 1. The number of hydrogen-bond donors (Lipinski definition) is 2. The largest absolute Gasteiger partial charge is 0.484 e. The summed E-state index contributed by atoms with van der Waals surface area (Å²) < 4.78 is 5.57. The topological polar surface area (TPSA) is 66.0 Å². The van der Waals surface area contributed by atoms with Gasteiger partial charge in [0.05, 0.1) is 0 Å². The maximum Gasteiger partial charge on any atom is 0.259 e. The van der Waals surface area contributed by atoms with Crippen LogP contribution in [0.3, 0.4) is 0 Å². The van der Waals surface area contributed by atoms with E-state index < -0.39 is 0 Å². The minimum absolute atomic E-state index is 0.0443. The lowest BCUT2D eigenvalue weighted by Gasteiger charge is -2.18. The Morgan fingerprint density at radius 1 is 1.26 bits per heavy atom. The van der Waals surface area contributed by atoms with Gasteiger partial charge in [-0.15, -0.1) is 0 Å². The van der Waals surface area contributed by atoms with Gasteiger partial charge in [-0.2, -0.15) is 0 Å². The number of benzene rings is 1. The van der Waals surface area contributed by atoms with Gasteiger partial charge in [-0.25, -0.2) is 0 Å². The second-order valence-electron chi connectivity index (χ2n) is 7.04. The standard InChI is InChI=1S/C21H36N4O2/c1-6-7-8-9-11-17(2)24-21(22-3)23-15-18-12-10-13-19(14-18)27-16-20(26)25(4)5/h10,12-14,17H,6-9,11,15-16H2,1-5H3,(H2,22,23,24). The van der Waals surface area contributed by atoms with Crippen LogP contribution in [0, 0.1) is 0 Å². The van der Waals surface area contributed by atoms with E-state index >= 15 is 0 Å². The normalized spacial score (nSPS) is 12.4. The fraction of sp³-hybridized carbons (Fsp3) is 0.619. The van der Waals surface area contributed by atoms with Gasteiger partial charge in [-0.05, 0) is 31.0 Å². The fourth-order valence-corrected chi connectivity index (χ4v) is 2.58. The number of ether oxygens (including phenoxy) is 1. The number of likely N-dealkylation sites (N-methyl/N-ethyl adjacent to an activating group) is 1. The lowest BCUT2D eigenvalue weighted by molar-refractivity contribution is -0.130. The van der Waals surface area contributed by atoms with Crippen molar-refractivity contribution >= 4 is 11.9 Å². The Morgan fingerprint density at radius 3 is 2.70 bits per heavy atom. The molecule has 6 nitrogen and oxygen atoms in total. The van der Waals surface area contributed by atoms with Gasteiger partial charge < -0.3 is 20.3 Å². The van der Waals surface area contributed by atoms with Crippen molar-refractivity contribution in [1.29, 1.82) is 0 Å². The molecule has 0 spiro atoms.